The largest absolute Gasteiger partial charge is 0.294 e. The number of carbonyl (C=O) groups is 1. The number of primary sulfonamides is 1. The maximum atomic E-state index is 11.8. The Bertz CT molecular complexity index is 608. The standard InChI is InChI=1S/C8H8ClIN4O3S/c9-8-12-2-5(10)7(13-8)14-3-4(1-6(14)15)18(11,16)17/h2,4H,1,3H2,(H2,11,16,17). The predicted molar refractivity (Wildman–Crippen MR) is 73.6 cm³/mol. The smallest absolute Gasteiger partial charge is 0.229 e. The molecule has 10 heteroatoms. The van der Waals surface area contributed by atoms with Crippen LogP contribution in [0.15, 0.2) is 6.20 Å². The number of halogens is 2. The van der Waals surface area contributed by atoms with Crippen LogP contribution < -0.4 is 10.0 Å². The van der Waals surface area contributed by atoms with Crippen LogP contribution in [-0.4, -0.2) is 36.1 Å². The molecule has 2 heterocycles. The predicted octanol–water partition coefficient (Wildman–Crippen LogP) is 0.128. The minimum absolute atomic E-state index is 0.00253. The normalized spacial score (nSPS) is 20.5. The Morgan fingerprint density at radius 3 is 2.78 bits per heavy atom. The number of nitrogens with zero attached hydrogens (tertiary/aromatic N) is 3. The minimum atomic E-state index is -3.74. The third-order valence-corrected chi connectivity index (χ3v) is 4.69. The highest BCUT2D eigenvalue weighted by Gasteiger charge is 2.38. The Kier molecular flexibility index (Phi) is 3.76. The highest BCUT2D eigenvalue weighted by Crippen LogP contribution is 2.27. The zero-order valence-electron chi connectivity index (χ0n) is 8.88. The molecule has 1 aromatic rings. The van der Waals surface area contributed by atoms with Crippen LogP contribution in [0.2, 0.25) is 5.28 Å². The molecule has 0 spiro atoms. The maximum absolute atomic E-state index is 11.8. The van der Waals surface area contributed by atoms with Gasteiger partial charge in [-0.3, -0.25) is 9.69 Å². The van der Waals surface area contributed by atoms with E-state index in [4.69, 9.17) is 16.7 Å². The van der Waals surface area contributed by atoms with Gasteiger partial charge in [-0.1, -0.05) is 0 Å². The fourth-order valence-electron chi connectivity index (χ4n) is 1.63. The van der Waals surface area contributed by atoms with E-state index in [1.165, 1.54) is 11.1 Å². The fraction of sp³-hybridized carbons (Fsp3) is 0.375. The summed E-state index contributed by atoms with van der Waals surface area (Å²) in [5.74, 6) is -0.0338. The average Bonchev–Trinajstić information content (AvgIpc) is 2.64. The van der Waals surface area contributed by atoms with E-state index >= 15 is 0 Å². The summed E-state index contributed by atoms with van der Waals surface area (Å²) >= 11 is 7.61. The Balaban J connectivity index is 2.35. The van der Waals surface area contributed by atoms with Gasteiger partial charge in [0, 0.05) is 19.2 Å². The molecule has 1 fully saturated rings. The molecule has 1 aliphatic heterocycles. The van der Waals surface area contributed by atoms with E-state index in [9.17, 15) is 13.2 Å². The lowest BCUT2D eigenvalue weighted by Gasteiger charge is -2.16. The maximum Gasteiger partial charge on any atom is 0.229 e. The molecule has 0 aliphatic carbocycles. The second-order valence-electron chi connectivity index (χ2n) is 3.73. The average molecular weight is 403 g/mol. The van der Waals surface area contributed by atoms with Crippen molar-refractivity contribution in [1.29, 1.82) is 0 Å². The molecule has 1 aromatic heterocycles. The molecular weight excluding hydrogens is 395 g/mol. The van der Waals surface area contributed by atoms with Crippen molar-refractivity contribution in [2.75, 3.05) is 11.4 Å². The summed E-state index contributed by atoms with van der Waals surface area (Å²) in [5.41, 5.74) is 0. The molecule has 0 bridgehead atoms. The Hall–Kier alpha value is -0.520. The van der Waals surface area contributed by atoms with Gasteiger partial charge in [0.1, 0.15) is 5.25 Å². The van der Waals surface area contributed by atoms with Crippen molar-refractivity contribution in [3.8, 4) is 0 Å². The van der Waals surface area contributed by atoms with Crippen molar-refractivity contribution < 1.29 is 13.2 Å². The van der Waals surface area contributed by atoms with Gasteiger partial charge in [-0.2, -0.15) is 4.98 Å². The molecule has 0 radical (unpaired) electrons. The molecule has 1 aliphatic rings. The van der Waals surface area contributed by atoms with E-state index < -0.39 is 15.3 Å². The van der Waals surface area contributed by atoms with E-state index in [2.05, 4.69) is 9.97 Å². The van der Waals surface area contributed by atoms with Crippen molar-refractivity contribution in [1.82, 2.24) is 9.97 Å². The third-order valence-electron chi connectivity index (χ3n) is 2.51. The fourth-order valence-corrected chi connectivity index (χ4v) is 3.04. The summed E-state index contributed by atoms with van der Waals surface area (Å²) in [6, 6.07) is 0. The highest BCUT2D eigenvalue weighted by atomic mass is 127. The van der Waals surface area contributed by atoms with Crippen molar-refractivity contribution in [3.63, 3.8) is 0 Å². The van der Waals surface area contributed by atoms with Crippen LogP contribution in [-0.2, 0) is 14.8 Å². The van der Waals surface area contributed by atoms with Gasteiger partial charge in [0.05, 0.1) is 3.57 Å². The topological polar surface area (TPSA) is 106 Å². The van der Waals surface area contributed by atoms with Crippen LogP contribution in [0.4, 0.5) is 5.82 Å². The van der Waals surface area contributed by atoms with Crippen LogP contribution in [0.3, 0.4) is 0 Å². The molecule has 0 saturated carbocycles. The number of rotatable bonds is 2. The van der Waals surface area contributed by atoms with Crippen LogP contribution >= 0.6 is 34.2 Å². The van der Waals surface area contributed by atoms with Gasteiger partial charge < -0.3 is 0 Å². The molecule has 0 aromatic carbocycles. The van der Waals surface area contributed by atoms with Gasteiger partial charge in [-0.15, -0.1) is 0 Å². The molecule has 1 saturated heterocycles. The van der Waals surface area contributed by atoms with Gasteiger partial charge in [-0.05, 0) is 34.2 Å². The second kappa shape index (κ2) is 4.87. The van der Waals surface area contributed by atoms with Crippen molar-refractivity contribution in [2.45, 2.75) is 11.7 Å². The van der Waals surface area contributed by atoms with Crippen molar-refractivity contribution in [2.24, 2.45) is 5.14 Å². The second-order valence-corrected chi connectivity index (χ2v) is 7.08. The molecule has 98 valence electrons. The first-order valence-corrected chi connectivity index (χ1v) is 7.85. The first-order chi connectivity index (χ1) is 8.29. The van der Waals surface area contributed by atoms with E-state index in [0.717, 1.165) is 0 Å². The van der Waals surface area contributed by atoms with E-state index in [0.29, 0.717) is 9.39 Å². The van der Waals surface area contributed by atoms with Gasteiger partial charge in [-0.25, -0.2) is 18.5 Å². The number of aromatic nitrogens is 2. The van der Waals surface area contributed by atoms with E-state index in [1.807, 2.05) is 22.6 Å². The summed E-state index contributed by atoms with van der Waals surface area (Å²) in [4.78, 5) is 20.8. The van der Waals surface area contributed by atoms with Gasteiger partial charge in [0.25, 0.3) is 0 Å². The first kappa shape index (κ1) is 13.9. The highest BCUT2D eigenvalue weighted by molar-refractivity contribution is 14.1. The monoisotopic (exact) mass is 402 g/mol. The Labute approximate surface area is 122 Å². The number of amides is 1. The number of nitrogens with two attached hydrogens (primary N) is 1. The zero-order chi connectivity index (χ0) is 13.5. The third kappa shape index (κ3) is 2.73. The Morgan fingerprint density at radius 2 is 2.22 bits per heavy atom. The van der Waals surface area contributed by atoms with E-state index in [-0.39, 0.29) is 24.2 Å². The SMILES string of the molecule is NS(=O)(=O)C1CC(=O)N(c2nc(Cl)ncc2I)C1. The molecule has 1 unspecified atom stereocenters. The number of hydrogen-bond donors (Lipinski definition) is 1. The molecule has 2 rings (SSSR count). The number of sulfonamides is 1. The quantitative estimate of drug-likeness (QED) is 0.559. The zero-order valence-corrected chi connectivity index (χ0v) is 12.6. The van der Waals surface area contributed by atoms with Crippen molar-refractivity contribution >= 4 is 55.9 Å². The lowest BCUT2D eigenvalue weighted by molar-refractivity contribution is -0.117. The molecule has 1 atom stereocenters. The molecule has 1 amide bonds. The lowest BCUT2D eigenvalue weighted by Crippen LogP contribution is -2.32. The summed E-state index contributed by atoms with van der Waals surface area (Å²) < 4.78 is 23.1. The van der Waals surface area contributed by atoms with Gasteiger partial charge >= 0.3 is 0 Å². The van der Waals surface area contributed by atoms with Crippen LogP contribution in [0.1, 0.15) is 6.42 Å². The lowest BCUT2D eigenvalue weighted by atomic mass is 10.4. The number of carbonyl (C=O) groups excluding carboxylic acids is 1. The summed E-state index contributed by atoms with van der Waals surface area (Å²) in [5, 5.41) is 4.13. The van der Waals surface area contributed by atoms with Crippen LogP contribution in [0.25, 0.3) is 0 Å². The van der Waals surface area contributed by atoms with Crippen LogP contribution in [0, 0.1) is 3.57 Å². The number of anilines is 1. The summed E-state index contributed by atoms with van der Waals surface area (Å²) in [6.07, 6.45) is 1.32. The summed E-state index contributed by atoms with van der Waals surface area (Å²) in [7, 11) is -3.74. The van der Waals surface area contributed by atoms with Gasteiger partial charge in [0.15, 0.2) is 5.82 Å². The Morgan fingerprint density at radius 1 is 1.56 bits per heavy atom. The molecule has 7 nitrogen and oxygen atoms in total. The first-order valence-electron chi connectivity index (χ1n) is 4.79. The molecule has 2 N–H and O–H groups in total. The molecule has 18 heavy (non-hydrogen) atoms. The van der Waals surface area contributed by atoms with Crippen LogP contribution in [0.5, 0.6) is 0 Å². The summed E-state index contributed by atoms with van der Waals surface area (Å²) in [6.45, 7) is -0.0129. The van der Waals surface area contributed by atoms with Gasteiger partial charge in [0.2, 0.25) is 21.2 Å². The van der Waals surface area contributed by atoms with Crippen molar-refractivity contribution in [3.05, 3.63) is 15.1 Å². The molecular formula is C8H8ClIN4O3S. The number of hydrogen-bond acceptors (Lipinski definition) is 5. The minimum Gasteiger partial charge on any atom is -0.294 e. The van der Waals surface area contributed by atoms with E-state index in [1.54, 1.807) is 0 Å².